The fraction of sp³-hybridized carbons (Fsp3) is 0.318. The van der Waals surface area contributed by atoms with Gasteiger partial charge >= 0.3 is 0 Å². The zero-order valence-electron chi connectivity index (χ0n) is 17.0. The highest BCUT2D eigenvalue weighted by molar-refractivity contribution is 9.10. The molecule has 1 saturated heterocycles. The molecule has 7 nitrogen and oxygen atoms in total. The Morgan fingerprint density at radius 1 is 1.26 bits per heavy atom. The van der Waals surface area contributed by atoms with Crippen LogP contribution in [0.1, 0.15) is 17.5 Å². The van der Waals surface area contributed by atoms with E-state index in [1.54, 1.807) is 13.2 Å². The standard InChI is InChI=1S/C22H22BrN5O2.ClH/c1-30-20-5-3-15(9-19(20)23)11-25-21-18-8-14(10-24)2-4-17(18)22(27-26-21)28-7-6-16(12-28)13-29;/h2-5,8-9,16,29H,6-7,11-13H2,1H3,(H,25,26);1H/t16-;/m1./s1. The van der Waals surface area contributed by atoms with Gasteiger partial charge in [-0.2, -0.15) is 5.26 Å². The van der Waals surface area contributed by atoms with Crippen LogP contribution in [0.5, 0.6) is 5.75 Å². The van der Waals surface area contributed by atoms with Gasteiger partial charge in [0.1, 0.15) is 5.75 Å². The Morgan fingerprint density at radius 2 is 2.10 bits per heavy atom. The van der Waals surface area contributed by atoms with Crippen LogP contribution in [0.4, 0.5) is 11.6 Å². The zero-order chi connectivity index (χ0) is 21.1. The third-order valence-electron chi connectivity index (χ3n) is 5.41. The third-order valence-corrected chi connectivity index (χ3v) is 6.03. The first-order chi connectivity index (χ1) is 14.6. The largest absolute Gasteiger partial charge is 0.496 e. The Hall–Kier alpha value is -2.60. The van der Waals surface area contributed by atoms with Crippen LogP contribution in [0.3, 0.4) is 0 Å². The van der Waals surface area contributed by atoms with Gasteiger partial charge in [0.25, 0.3) is 0 Å². The van der Waals surface area contributed by atoms with E-state index in [2.05, 4.69) is 42.4 Å². The van der Waals surface area contributed by atoms with E-state index in [0.29, 0.717) is 17.9 Å². The minimum Gasteiger partial charge on any atom is -0.496 e. The van der Waals surface area contributed by atoms with E-state index < -0.39 is 0 Å². The highest BCUT2D eigenvalue weighted by Crippen LogP contribution is 2.33. The molecule has 9 heteroatoms. The molecule has 162 valence electrons. The van der Waals surface area contributed by atoms with Gasteiger partial charge in [-0.3, -0.25) is 0 Å². The maximum atomic E-state index is 9.47. The fourth-order valence-electron chi connectivity index (χ4n) is 3.75. The number of aliphatic hydroxyl groups is 1. The fourth-order valence-corrected chi connectivity index (χ4v) is 4.34. The normalized spacial score (nSPS) is 15.4. The summed E-state index contributed by atoms with van der Waals surface area (Å²) in [5.74, 6) is 2.46. The maximum Gasteiger partial charge on any atom is 0.159 e. The van der Waals surface area contributed by atoms with E-state index in [1.807, 2.05) is 30.3 Å². The SMILES string of the molecule is COc1ccc(CNc2nnc(N3CC[C@@H](CO)C3)c3ccc(C#N)cc23)cc1Br.Cl. The first-order valence-electron chi connectivity index (χ1n) is 9.75. The molecule has 2 N–H and O–H groups in total. The van der Waals surface area contributed by atoms with Gasteiger partial charge in [0, 0.05) is 42.9 Å². The number of methoxy groups -OCH3 is 1. The van der Waals surface area contributed by atoms with E-state index in [1.165, 1.54) is 0 Å². The van der Waals surface area contributed by atoms with Crippen LogP contribution in [0, 0.1) is 17.2 Å². The van der Waals surface area contributed by atoms with Gasteiger partial charge in [-0.25, -0.2) is 0 Å². The molecular formula is C22H23BrClN5O2. The molecule has 1 aliphatic rings. The molecule has 1 atom stereocenters. The number of aromatic nitrogens is 2. The first-order valence-corrected chi connectivity index (χ1v) is 10.5. The molecular weight excluding hydrogens is 482 g/mol. The molecule has 3 aromatic rings. The van der Waals surface area contributed by atoms with Crippen LogP contribution < -0.4 is 15.0 Å². The van der Waals surface area contributed by atoms with E-state index in [4.69, 9.17) is 4.74 Å². The minimum absolute atomic E-state index is 0. The molecule has 0 radical (unpaired) electrons. The first kappa shape index (κ1) is 23.1. The molecule has 1 fully saturated rings. The number of halogens is 2. The smallest absolute Gasteiger partial charge is 0.159 e. The molecule has 1 aliphatic heterocycles. The Labute approximate surface area is 195 Å². The Morgan fingerprint density at radius 3 is 2.77 bits per heavy atom. The van der Waals surface area contributed by atoms with Gasteiger partial charge in [-0.05, 0) is 58.2 Å². The van der Waals surface area contributed by atoms with Crippen molar-refractivity contribution in [1.82, 2.24) is 10.2 Å². The van der Waals surface area contributed by atoms with E-state index >= 15 is 0 Å². The second-order valence-electron chi connectivity index (χ2n) is 7.35. The number of anilines is 2. The lowest BCUT2D eigenvalue weighted by molar-refractivity contribution is 0.238. The van der Waals surface area contributed by atoms with Gasteiger partial charge in [0.15, 0.2) is 11.6 Å². The molecule has 0 unspecified atom stereocenters. The number of hydrogen-bond acceptors (Lipinski definition) is 7. The van der Waals surface area contributed by atoms with Crippen LogP contribution in [-0.4, -0.2) is 42.1 Å². The molecule has 2 aromatic carbocycles. The number of hydrogen-bond donors (Lipinski definition) is 2. The molecule has 0 amide bonds. The number of nitrogens with one attached hydrogen (secondary N) is 1. The summed E-state index contributed by atoms with van der Waals surface area (Å²) in [6.07, 6.45) is 0.933. The van der Waals surface area contributed by atoms with Crippen molar-refractivity contribution in [1.29, 1.82) is 5.26 Å². The lowest BCUT2D eigenvalue weighted by Gasteiger charge is -2.20. The molecule has 0 bridgehead atoms. The third kappa shape index (κ3) is 4.85. The summed E-state index contributed by atoms with van der Waals surface area (Å²) in [6.45, 7) is 2.32. The number of aliphatic hydroxyl groups excluding tert-OH is 1. The van der Waals surface area contributed by atoms with Crippen molar-refractivity contribution in [2.45, 2.75) is 13.0 Å². The second kappa shape index (κ2) is 10.1. The predicted octanol–water partition coefficient (Wildman–Crippen LogP) is 4.13. The highest BCUT2D eigenvalue weighted by atomic mass is 79.9. The van der Waals surface area contributed by atoms with Crippen molar-refractivity contribution in [2.24, 2.45) is 5.92 Å². The summed E-state index contributed by atoms with van der Waals surface area (Å²) in [7, 11) is 1.64. The molecule has 31 heavy (non-hydrogen) atoms. The van der Waals surface area contributed by atoms with Crippen molar-refractivity contribution in [2.75, 3.05) is 37.0 Å². The number of nitrogens with zero attached hydrogens (tertiary/aromatic N) is 4. The number of rotatable bonds is 6. The van der Waals surface area contributed by atoms with E-state index in [9.17, 15) is 10.4 Å². The lowest BCUT2D eigenvalue weighted by atomic mass is 10.1. The Bertz CT molecular complexity index is 1120. The minimum atomic E-state index is 0. The average molecular weight is 505 g/mol. The summed E-state index contributed by atoms with van der Waals surface area (Å²) in [5.41, 5.74) is 1.63. The molecule has 2 heterocycles. The topological polar surface area (TPSA) is 94.3 Å². The second-order valence-corrected chi connectivity index (χ2v) is 8.20. The summed E-state index contributed by atoms with van der Waals surface area (Å²) in [4.78, 5) is 2.16. The molecule has 0 saturated carbocycles. The Kier molecular flexibility index (Phi) is 7.55. The molecule has 0 spiro atoms. The molecule has 4 rings (SSSR count). The summed E-state index contributed by atoms with van der Waals surface area (Å²) < 4.78 is 6.17. The summed E-state index contributed by atoms with van der Waals surface area (Å²) >= 11 is 3.51. The van der Waals surface area contributed by atoms with Crippen molar-refractivity contribution in [3.8, 4) is 11.8 Å². The van der Waals surface area contributed by atoms with Gasteiger partial charge in [-0.15, -0.1) is 22.6 Å². The number of ether oxygens (including phenoxy) is 1. The van der Waals surface area contributed by atoms with Crippen molar-refractivity contribution >= 4 is 50.7 Å². The molecule has 0 aliphatic carbocycles. The van der Waals surface area contributed by atoms with Crippen LogP contribution in [0.25, 0.3) is 10.8 Å². The highest BCUT2D eigenvalue weighted by Gasteiger charge is 2.25. The summed E-state index contributed by atoms with van der Waals surface area (Å²) in [6, 6.07) is 13.7. The van der Waals surface area contributed by atoms with Gasteiger partial charge in [-0.1, -0.05) is 6.07 Å². The Balaban J connectivity index is 0.00000272. The number of nitriles is 1. The van der Waals surface area contributed by atoms with Crippen molar-refractivity contribution in [3.63, 3.8) is 0 Å². The number of fused-ring (bicyclic) bond motifs is 1. The summed E-state index contributed by atoms with van der Waals surface area (Å²) in [5, 5.41) is 32.9. The van der Waals surface area contributed by atoms with Gasteiger partial charge in [0.05, 0.1) is 23.2 Å². The van der Waals surface area contributed by atoms with Gasteiger partial charge < -0.3 is 20.1 Å². The van der Waals surface area contributed by atoms with Gasteiger partial charge in [0.2, 0.25) is 0 Å². The average Bonchev–Trinajstić information content (AvgIpc) is 3.26. The lowest BCUT2D eigenvalue weighted by Crippen LogP contribution is -2.22. The number of benzene rings is 2. The van der Waals surface area contributed by atoms with E-state index in [0.717, 1.165) is 51.9 Å². The van der Waals surface area contributed by atoms with E-state index in [-0.39, 0.29) is 24.9 Å². The zero-order valence-corrected chi connectivity index (χ0v) is 19.4. The quantitative estimate of drug-likeness (QED) is 0.521. The predicted molar refractivity (Wildman–Crippen MR) is 127 cm³/mol. The van der Waals surface area contributed by atoms with Crippen LogP contribution >= 0.6 is 28.3 Å². The van der Waals surface area contributed by atoms with Crippen molar-refractivity contribution < 1.29 is 9.84 Å². The molecule has 1 aromatic heterocycles. The van der Waals surface area contributed by atoms with Crippen LogP contribution in [-0.2, 0) is 6.54 Å². The van der Waals surface area contributed by atoms with Crippen molar-refractivity contribution in [3.05, 3.63) is 52.0 Å². The van der Waals surface area contributed by atoms with Crippen LogP contribution in [0.2, 0.25) is 0 Å². The van der Waals surface area contributed by atoms with Crippen LogP contribution in [0.15, 0.2) is 40.9 Å². The monoisotopic (exact) mass is 503 g/mol. The maximum absolute atomic E-state index is 9.47.